The maximum absolute atomic E-state index is 13.3. The van der Waals surface area contributed by atoms with Gasteiger partial charge < -0.3 is 10.3 Å². The van der Waals surface area contributed by atoms with E-state index in [1.807, 2.05) is 36.4 Å². The van der Waals surface area contributed by atoms with E-state index in [1.54, 1.807) is 18.7 Å². The zero-order chi connectivity index (χ0) is 23.1. The molecule has 1 saturated heterocycles. The molecule has 0 radical (unpaired) electrons. The zero-order valence-electron chi connectivity index (χ0n) is 18.6. The van der Waals surface area contributed by atoms with Crippen LogP contribution in [0.4, 0.5) is 0 Å². The average Bonchev–Trinajstić information content (AvgIpc) is 3.23. The molecule has 180 valence electrons. The molecule has 5 rings (SSSR count). The van der Waals surface area contributed by atoms with Crippen molar-refractivity contribution in [1.82, 2.24) is 20.2 Å². The monoisotopic (exact) mass is 519 g/mol. The number of halogens is 2. The van der Waals surface area contributed by atoms with Gasteiger partial charge in [0.2, 0.25) is 0 Å². The van der Waals surface area contributed by atoms with Crippen molar-refractivity contribution < 1.29 is 8.42 Å². The number of nitrogens with zero attached hydrogens (tertiary/aromatic N) is 3. The van der Waals surface area contributed by atoms with Gasteiger partial charge in [0, 0.05) is 37.4 Å². The Bertz CT molecular complexity index is 1240. The van der Waals surface area contributed by atoms with Crippen molar-refractivity contribution in [2.24, 2.45) is 10.9 Å². The first-order valence-corrected chi connectivity index (χ1v) is 13.2. The van der Waals surface area contributed by atoms with Gasteiger partial charge in [-0.15, -0.1) is 12.4 Å². The van der Waals surface area contributed by atoms with Gasteiger partial charge in [-0.05, 0) is 24.0 Å². The number of nitrogens with one attached hydrogen (secondary N) is 2. The minimum absolute atomic E-state index is 0. The quantitative estimate of drug-likeness (QED) is 0.591. The second-order valence-electron chi connectivity index (χ2n) is 8.85. The predicted molar refractivity (Wildman–Crippen MR) is 138 cm³/mol. The van der Waals surface area contributed by atoms with Crippen LogP contribution >= 0.6 is 24.0 Å². The van der Waals surface area contributed by atoms with Crippen LogP contribution in [0, 0.1) is 5.92 Å². The van der Waals surface area contributed by atoms with Crippen molar-refractivity contribution in [1.29, 1.82) is 0 Å². The van der Waals surface area contributed by atoms with Gasteiger partial charge in [-0.3, -0.25) is 4.90 Å². The topological polar surface area (TPSA) is 90.4 Å². The van der Waals surface area contributed by atoms with E-state index in [0.29, 0.717) is 24.7 Å². The summed E-state index contributed by atoms with van der Waals surface area (Å²) in [5.41, 5.74) is 2.01. The summed E-state index contributed by atoms with van der Waals surface area (Å²) in [6, 6.07) is 9.58. The lowest BCUT2D eigenvalue weighted by Gasteiger charge is -2.55. The molecule has 1 aliphatic carbocycles. The van der Waals surface area contributed by atoms with Gasteiger partial charge >= 0.3 is 0 Å². The highest BCUT2D eigenvalue weighted by molar-refractivity contribution is 7.91. The van der Waals surface area contributed by atoms with Crippen LogP contribution in [0.1, 0.15) is 11.3 Å². The van der Waals surface area contributed by atoms with Gasteiger partial charge in [-0.25, -0.2) is 18.4 Å². The Labute approximate surface area is 211 Å². The maximum atomic E-state index is 13.3. The number of rotatable bonds is 5. The fourth-order valence-corrected chi connectivity index (χ4v) is 7.29. The minimum Gasteiger partial charge on any atom is -0.382 e. The first kappa shape index (κ1) is 24.7. The van der Waals surface area contributed by atoms with E-state index in [9.17, 15) is 8.42 Å². The number of H-pyrrole nitrogens is 1. The third kappa shape index (κ3) is 4.47. The molecule has 2 N–H and O–H groups in total. The molecule has 2 aliphatic heterocycles. The summed E-state index contributed by atoms with van der Waals surface area (Å²) in [6.45, 7) is 1.13. The predicted octanol–water partition coefficient (Wildman–Crippen LogP) is 3.23. The maximum Gasteiger partial charge on any atom is 0.152 e. The first-order chi connectivity index (χ1) is 15.9. The zero-order valence-corrected chi connectivity index (χ0v) is 21.0. The van der Waals surface area contributed by atoms with Crippen molar-refractivity contribution in [3.05, 3.63) is 89.8 Å². The van der Waals surface area contributed by atoms with E-state index in [1.165, 1.54) is 6.26 Å². The van der Waals surface area contributed by atoms with Gasteiger partial charge in [0.25, 0.3) is 0 Å². The molecular weight excluding hydrogens is 493 g/mol. The van der Waals surface area contributed by atoms with E-state index in [2.05, 4.69) is 43.4 Å². The van der Waals surface area contributed by atoms with Gasteiger partial charge in [-0.2, -0.15) is 0 Å². The summed E-state index contributed by atoms with van der Waals surface area (Å²) >= 11 is 6.39. The Balaban J connectivity index is 0.00000274. The molecule has 34 heavy (non-hydrogen) atoms. The number of aliphatic imine (C=N–C) groups is 1. The van der Waals surface area contributed by atoms with E-state index in [0.717, 1.165) is 17.0 Å². The lowest BCUT2D eigenvalue weighted by atomic mass is 9.71. The number of hydrogen-bond donors (Lipinski definition) is 2. The number of likely N-dealkylation sites (tertiary alicyclic amines) is 1. The Morgan fingerprint density at radius 2 is 2.03 bits per heavy atom. The van der Waals surface area contributed by atoms with E-state index in [-0.39, 0.29) is 18.3 Å². The minimum atomic E-state index is -3.44. The Morgan fingerprint density at radius 3 is 2.74 bits per heavy atom. The molecule has 1 fully saturated rings. The second-order valence-corrected chi connectivity index (χ2v) is 11.4. The standard InChI is InChI=1S/C24H26ClN5O2S.ClH/c1-33(31,32)22-18(11-17-7-3-2-4-8-17)14-30(15-19-12-26-16-28-19)24-10-6-5-9-20(24)29-21(25)13-27-23(22)24;/h2-10,12-13,16,18,22-23,27H,11,14-15H2,1H3,(H,26,28);1H/t18-,22?,23?,24?;/m0./s1. The van der Waals surface area contributed by atoms with Gasteiger partial charge in [-0.1, -0.05) is 60.2 Å². The highest BCUT2D eigenvalue weighted by Crippen LogP contribution is 2.42. The summed E-state index contributed by atoms with van der Waals surface area (Å²) in [4.78, 5) is 14.3. The number of imidazole rings is 1. The third-order valence-corrected chi connectivity index (χ3v) is 8.57. The van der Waals surface area contributed by atoms with E-state index in [4.69, 9.17) is 11.6 Å². The Hall–Kier alpha value is -2.39. The smallest absolute Gasteiger partial charge is 0.152 e. The number of hydrogen-bond acceptors (Lipinski definition) is 6. The average molecular weight is 520 g/mol. The van der Waals surface area contributed by atoms with Crippen LogP contribution in [0.25, 0.3) is 0 Å². The van der Waals surface area contributed by atoms with Gasteiger partial charge in [0.1, 0.15) is 10.7 Å². The van der Waals surface area contributed by atoms with Crippen molar-refractivity contribution in [2.75, 3.05) is 12.8 Å². The number of sulfone groups is 1. The molecule has 3 heterocycles. The normalized spacial score (nSPS) is 28.5. The molecule has 10 heteroatoms. The first-order valence-electron chi connectivity index (χ1n) is 10.9. The van der Waals surface area contributed by atoms with Crippen LogP contribution in [0.3, 0.4) is 0 Å². The second kappa shape index (κ2) is 9.70. The fraction of sp³-hybridized carbons (Fsp3) is 0.333. The molecule has 1 aromatic carbocycles. The number of aromatic nitrogens is 2. The molecule has 3 aliphatic rings. The largest absolute Gasteiger partial charge is 0.382 e. The van der Waals surface area contributed by atoms with Crippen LogP contribution in [-0.2, 0) is 22.8 Å². The summed E-state index contributed by atoms with van der Waals surface area (Å²) in [6.07, 6.45) is 14.9. The molecule has 2 aromatic rings. The highest BCUT2D eigenvalue weighted by Gasteiger charge is 2.58. The molecule has 4 atom stereocenters. The van der Waals surface area contributed by atoms with E-state index < -0.39 is 26.7 Å². The Morgan fingerprint density at radius 1 is 1.24 bits per heavy atom. The third-order valence-electron chi connectivity index (χ3n) is 6.73. The molecule has 1 spiro atoms. The van der Waals surface area contributed by atoms with Crippen LogP contribution in [0.5, 0.6) is 0 Å². The molecule has 7 nitrogen and oxygen atoms in total. The van der Waals surface area contributed by atoms with Crippen molar-refractivity contribution in [3.8, 4) is 0 Å². The number of allylic oxidation sites excluding steroid dienone is 2. The molecular formula is C24H27Cl2N5O2S. The SMILES string of the molecule is CS(=O)(=O)C1C2NC=C(Cl)N=C3C=CC=CC32N(Cc2cnc[nH]2)C[C@@H]1Cc1ccccc1.Cl. The summed E-state index contributed by atoms with van der Waals surface area (Å²) in [5, 5.41) is 3.02. The number of aromatic amines is 1. The van der Waals surface area contributed by atoms with Crippen LogP contribution in [-0.4, -0.2) is 58.6 Å². The fourth-order valence-electron chi connectivity index (χ4n) is 5.48. The van der Waals surface area contributed by atoms with Crippen LogP contribution < -0.4 is 5.32 Å². The lowest BCUT2D eigenvalue weighted by Crippen LogP contribution is -2.74. The van der Waals surface area contributed by atoms with Crippen molar-refractivity contribution in [3.63, 3.8) is 0 Å². The highest BCUT2D eigenvalue weighted by atomic mass is 35.5. The number of piperidine rings is 1. The molecule has 3 unspecified atom stereocenters. The number of benzene rings is 1. The van der Waals surface area contributed by atoms with Crippen LogP contribution in [0.2, 0.25) is 0 Å². The molecule has 0 bridgehead atoms. The Kier molecular flexibility index (Phi) is 7.05. The molecule has 0 saturated carbocycles. The lowest BCUT2D eigenvalue weighted by molar-refractivity contribution is 0.0655. The van der Waals surface area contributed by atoms with Crippen LogP contribution in [0.15, 0.2) is 83.5 Å². The summed E-state index contributed by atoms with van der Waals surface area (Å²) in [7, 11) is -3.44. The summed E-state index contributed by atoms with van der Waals surface area (Å²) in [5.74, 6) is -0.140. The van der Waals surface area contributed by atoms with Crippen molar-refractivity contribution >= 4 is 39.6 Å². The summed E-state index contributed by atoms with van der Waals surface area (Å²) < 4.78 is 26.6. The molecule has 1 aromatic heterocycles. The van der Waals surface area contributed by atoms with E-state index >= 15 is 0 Å². The molecule has 0 amide bonds. The van der Waals surface area contributed by atoms with Gasteiger partial charge in [0.05, 0.1) is 23.3 Å². The van der Waals surface area contributed by atoms with Gasteiger partial charge in [0.15, 0.2) is 9.84 Å². The van der Waals surface area contributed by atoms with Crippen molar-refractivity contribution in [2.45, 2.75) is 29.8 Å².